The zero-order chi connectivity index (χ0) is 20.1. The van der Waals surface area contributed by atoms with Crippen LogP contribution in [-0.2, 0) is 6.54 Å². The lowest BCUT2D eigenvalue weighted by molar-refractivity contribution is 0.0701. The van der Waals surface area contributed by atoms with E-state index in [2.05, 4.69) is 15.9 Å². The summed E-state index contributed by atoms with van der Waals surface area (Å²) in [5, 5.41) is 0.447. The highest BCUT2D eigenvalue weighted by Gasteiger charge is 2.43. The van der Waals surface area contributed by atoms with Crippen molar-refractivity contribution in [2.24, 2.45) is 0 Å². The highest BCUT2D eigenvalue weighted by Crippen LogP contribution is 2.39. The van der Waals surface area contributed by atoms with Crippen molar-refractivity contribution in [3.8, 4) is 0 Å². The van der Waals surface area contributed by atoms with Crippen molar-refractivity contribution in [3.05, 3.63) is 104 Å². The van der Waals surface area contributed by atoms with E-state index in [9.17, 15) is 9.59 Å². The summed E-state index contributed by atoms with van der Waals surface area (Å²) in [7, 11) is 0. The van der Waals surface area contributed by atoms with Crippen LogP contribution in [0, 0.1) is 6.92 Å². The molecule has 0 N–H and O–H groups in total. The fourth-order valence-electron chi connectivity index (χ4n) is 3.82. The largest absolute Gasteiger partial charge is 0.467 e. The molecule has 1 unspecified atom stereocenters. The van der Waals surface area contributed by atoms with Crippen LogP contribution in [0.1, 0.15) is 39.0 Å². The molecule has 0 saturated heterocycles. The Morgan fingerprint density at radius 2 is 1.86 bits per heavy atom. The van der Waals surface area contributed by atoms with E-state index in [0.29, 0.717) is 22.3 Å². The minimum atomic E-state index is -0.539. The third kappa shape index (κ3) is 2.91. The van der Waals surface area contributed by atoms with Crippen molar-refractivity contribution in [1.82, 2.24) is 4.90 Å². The fourth-order valence-corrected chi connectivity index (χ4v) is 4.18. The Labute approximate surface area is 174 Å². The molecule has 144 valence electrons. The highest BCUT2D eigenvalue weighted by atomic mass is 79.9. The Morgan fingerprint density at radius 3 is 2.59 bits per heavy atom. The van der Waals surface area contributed by atoms with Gasteiger partial charge in [0.25, 0.3) is 5.91 Å². The normalized spacial score (nSPS) is 15.9. The monoisotopic (exact) mass is 449 g/mol. The molecule has 6 heteroatoms. The van der Waals surface area contributed by atoms with Gasteiger partial charge in [-0.1, -0.05) is 45.8 Å². The highest BCUT2D eigenvalue weighted by molar-refractivity contribution is 9.10. The fraction of sp³-hybridized carbons (Fsp3) is 0.130. The number of halogens is 1. The summed E-state index contributed by atoms with van der Waals surface area (Å²) in [5.41, 5.74) is 2.54. The van der Waals surface area contributed by atoms with E-state index in [1.54, 1.807) is 35.4 Å². The minimum absolute atomic E-state index is 0.0990. The molecule has 0 saturated carbocycles. The molecule has 3 heterocycles. The third-order valence-corrected chi connectivity index (χ3v) is 5.72. The molecule has 2 aromatic carbocycles. The van der Waals surface area contributed by atoms with Gasteiger partial charge in [0, 0.05) is 4.47 Å². The smallest absolute Gasteiger partial charge is 0.291 e. The number of nitrogens with zero attached hydrogens (tertiary/aromatic N) is 1. The van der Waals surface area contributed by atoms with Crippen LogP contribution in [0.3, 0.4) is 0 Å². The maximum absolute atomic E-state index is 13.4. The molecule has 0 fully saturated rings. The van der Waals surface area contributed by atoms with Gasteiger partial charge >= 0.3 is 0 Å². The van der Waals surface area contributed by atoms with Crippen molar-refractivity contribution in [2.45, 2.75) is 19.5 Å². The van der Waals surface area contributed by atoms with Gasteiger partial charge in [0.2, 0.25) is 5.76 Å². The molecule has 1 atom stereocenters. The van der Waals surface area contributed by atoms with Gasteiger partial charge in [0.15, 0.2) is 5.43 Å². The zero-order valence-corrected chi connectivity index (χ0v) is 17.1. The van der Waals surface area contributed by atoms with E-state index in [1.165, 1.54) is 0 Å². The standard InChI is InChI=1S/C23H16BrNO4/c1-13-4-6-14(7-5-13)20-19-21(26)17-11-15(24)8-9-18(17)29-22(19)23(27)25(20)12-16-3-2-10-28-16/h2-11,20H,12H2,1H3. The number of amides is 1. The van der Waals surface area contributed by atoms with E-state index in [0.717, 1.165) is 15.6 Å². The van der Waals surface area contributed by atoms with E-state index < -0.39 is 6.04 Å². The Hall–Kier alpha value is -3.12. The second-order valence-electron chi connectivity index (χ2n) is 7.14. The first-order valence-electron chi connectivity index (χ1n) is 9.19. The van der Waals surface area contributed by atoms with E-state index in [4.69, 9.17) is 8.83 Å². The third-order valence-electron chi connectivity index (χ3n) is 5.23. The molecule has 0 bridgehead atoms. The van der Waals surface area contributed by atoms with Gasteiger partial charge in [-0.2, -0.15) is 0 Å². The van der Waals surface area contributed by atoms with Gasteiger partial charge in [-0.25, -0.2) is 0 Å². The van der Waals surface area contributed by atoms with Crippen LogP contribution in [-0.4, -0.2) is 10.8 Å². The number of carbonyl (C=O) groups excluding carboxylic acids is 1. The molecule has 2 aromatic heterocycles. The molecular formula is C23H16BrNO4. The molecule has 5 nitrogen and oxygen atoms in total. The molecule has 0 radical (unpaired) electrons. The minimum Gasteiger partial charge on any atom is -0.467 e. The van der Waals surface area contributed by atoms with Crippen molar-refractivity contribution < 1.29 is 13.6 Å². The van der Waals surface area contributed by atoms with E-state index in [-0.39, 0.29) is 23.6 Å². The molecule has 1 aliphatic heterocycles. The lowest BCUT2D eigenvalue weighted by Crippen LogP contribution is -2.29. The molecule has 5 rings (SSSR count). The lowest BCUT2D eigenvalue weighted by Gasteiger charge is -2.24. The van der Waals surface area contributed by atoms with Gasteiger partial charge in [-0.3, -0.25) is 9.59 Å². The van der Waals surface area contributed by atoms with Crippen LogP contribution in [0.15, 0.2) is 79.0 Å². The molecule has 29 heavy (non-hydrogen) atoms. The predicted molar refractivity (Wildman–Crippen MR) is 112 cm³/mol. The number of aryl methyl sites for hydroxylation is 1. The van der Waals surface area contributed by atoms with Gasteiger partial charge in [0.1, 0.15) is 11.3 Å². The number of carbonyl (C=O) groups is 1. The zero-order valence-electron chi connectivity index (χ0n) is 15.5. The molecule has 0 spiro atoms. The Balaban J connectivity index is 1.75. The molecule has 1 amide bonds. The van der Waals surface area contributed by atoms with Gasteiger partial charge < -0.3 is 13.7 Å². The van der Waals surface area contributed by atoms with E-state index >= 15 is 0 Å². The van der Waals surface area contributed by atoms with E-state index in [1.807, 2.05) is 37.3 Å². The maximum atomic E-state index is 13.4. The number of fused-ring (bicyclic) bond motifs is 2. The van der Waals surface area contributed by atoms with Gasteiger partial charge in [-0.05, 0) is 42.8 Å². The summed E-state index contributed by atoms with van der Waals surface area (Å²) in [6.45, 7) is 2.24. The van der Waals surface area contributed by atoms with Crippen LogP contribution >= 0.6 is 15.9 Å². The summed E-state index contributed by atoms with van der Waals surface area (Å²) in [6.07, 6.45) is 1.57. The summed E-state index contributed by atoms with van der Waals surface area (Å²) in [4.78, 5) is 28.3. The second kappa shape index (κ2) is 6.74. The van der Waals surface area contributed by atoms with Crippen LogP contribution in [0.25, 0.3) is 11.0 Å². The summed E-state index contributed by atoms with van der Waals surface area (Å²) >= 11 is 3.41. The van der Waals surface area contributed by atoms with Crippen molar-refractivity contribution in [1.29, 1.82) is 0 Å². The topological polar surface area (TPSA) is 63.7 Å². The van der Waals surface area contributed by atoms with Crippen LogP contribution < -0.4 is 5.43 Å². The van der Waals surface area contributed by atoms with Crippen LogP contribution in [0.4, 0.5) is 0 Å². The van der Waals surface area contributed by atoms with Crippen molar-refractivity contribution in [3.63, 3.8) is 0 Å². The average molecular weight is 450 g/mol. The van der Waals surface area contributed by atoms with Gasteiger partial charge in [-0.15, -0.1) is 0 Å². The SMILES string of the molecule is Cc1ccc(C2c3c(oc4ccc(Br)cc4c3=O)C(=O)N2Cc2ccco2)cc1. The summed E-state index contributed by atoms with van der Waals surface area (Å²) in [6, 6.07) is 16.1. The van der Waals surface area contributed by atoms with Crippen molar-refractivity contribution in [2.75, 3.05) is 0 Å². The van der Waals surface area contributed by atoms with Crippen molar-refractivity contribution >= 4 is 32.8 Å². The second-order valence-corrected chi connectivity index (χ2v) is 8.06. The Kier molecular flexibility index (Phi) is 4.17. The Morgan fingerprint density at radius 1 is 1.07 bits per heavy atom. The first kappa shape index (κ1) is 17.9. The first-order valence-corrected chi connectivity index (χ1v) is 9.98. The van der Waals surface area contributed by atoms with Crippen LogP contribution in [0.2, 0.25) is 0 Å². The summed E-state index contributed by atoms with van der Waals surface area (Å²) < 4.78 is 12.2. The number of hydrogen-bond donors (Lipinski definition) is 0. The first-order chi connectivity index (χ1) is 14.0. The number of rotatable bonds is 3. The number of furan rings is 1. The lowest BCUT2D eigenvalue weighted by atomic mass is 9.97. The molecule has 4 aromatic rings. The van der Waals surface area contributed by atoms with Crippen LogP contribution in [0.5, 0.6) is 0 Å². The number of benzene rings is 2. The Bertz CT molecular complexity index is 1290. The molecular weight excluding hydrogens is 434 g/mol. The average Bonchev–Trinajstić information content (AvgIpc) is 3.32. The van der Waals surface area contributed by atoms with Gasteiger partial charge in [0.05, 0.1) is 29.8 Å². The predicted octanol–water partition coefficient (Wildman–Crippen LogP) is 5.20. The quantitative estimate of drug-likeness (QED) is 0.430. The number of hydrogen-bond acceptors (Lipinski definition) is 4. The molecule has 0 aliphatic carbocycles. The molecule has 1 aliphatic rings. The maximum Gasteiger partial charge on any atom is 0.291 e. The summed E-state index contributed by atoms with van der Waals surface area (Å²) in [5.74, 6) is 0.425.